The van der Waals surface area contributed by atoms with E-state index in [0.29, 0.717) is 18.3 Å². The van der Waals surface area contributed by atoms with Gasteiger partial charge >= 0.3 is 0 Å². The molecule has 1 heterocycles. The molecule has 5 nitrogen and oxygen atoms in total. The van der Waals surface area contributed by atoms with E-state index in [1.54, 1.807) is 7.11 Å². The van der Waals surface area contributed by atoms with E-state index in [9.17, 15) is 0 Å². The van der Waals surface area contributed by atoms with Gasteiger partial charge in [-0.25, -0.2) is 0 Å². The van der Waals surface area contributed by atoms with Crippen molar-refractivity contribution in [1.82, 2.24) is 10.1 Å². The van der Waals surface area contributed by atoms with Crippen molar-refractivity contribution in [2.24, 2.45) is 11.7 Å². The Morgan fingerprint density at radius 1 is 1.41 bits per heavy atom. The minimum Gasteiger partial charge on any atom is -0.383 e. The highest BCUT2D eigenvalue weighted by Gasteiger charge is 2.25. The molecule has 17 heavy (non-hydrogen) atoms. The highest BCUT2D eigenvalue weighted by Crippen LogP contribution is 2.34. The molecule has 2 N–H and O–H groups in total. The van der Waals surface area contributed by atoms with Gasteiger partial charge in [-0.15, -0.1) is 0 Å². The number of nitrogens with zero attached hydrogens (tertiary/aromatic N) is 2. The lowest BCUT2D eigenvalue weighted by atomic mass is 9.83. The summed E-state index contributed by atoms with van der Waals surface area (Å²) in [5, 5.41) is 3.94. The van der Waals surface area contributed by atoms with Crippen LogP contribution >= 0.6 is 0 Å². The Labute approximate surface area is 102 Å². The zero-order chi connectivity index (χ0) is 12.3. The van der Waals surface area contributed by atoms with Gasteiger partial charge in [0.2, 0.25) is 5.89 Å². The third-order valence-electron chi connectivity index (χ3n) is 3.50. The molecule has 1 aromatic rings. The summed E-state index contributed by atoms with van der Waals surface area (Å²) >= 11 is 0. The molecule has 1 aliphatic carbocycles. The molecule has 0 spiro atoms. The maximum atomic E-state index is 5.86. The fraction of sp³-hybridized carbons (Fsp3) is 0.833. The van der Waals surface area contributed by atoms with Crippen molar-refractivity contribution in [3.63, 3.8) is 0 Å². The standard InChI is InChI=1S/C12H21N3O2/c1-8-3-5-9(6-4-8)12-14-11(15-17-12)10(13)7-16-2/h8-10H,3-7,13H2,1-2H3. The van der Waals surface area contributed by atoms with Crippen LogP contribution in [0.15, 0.2) is 4.52 Å². The van der Waals surface area contributed by atoms with Gasteiger partial charge in [0.15, 0.2) is 5.82 Å². The first kappa shape index (κ1) is 12.5. The van der Waals surface area contributed by atoms with E-state index < -0.39 is 0 Å². The van der Waals surface area contributed by atoms with E-state index in [1.165, 1.54) is 12.8 Å². The largest absolute Gasteiger partial charge is 0.383 e. The summed E-state index contributed by atoms with van der Waals surface area (Å²) in [5.41, 5.74) is 5.86. The van der Waals surface area contributed by atoms with Crippen LogP contribution in [-0.4, -0.2) is 23.9 Å². The quantitative estimate of drug-likeness (QED) is 0.870. The number of hydrogen-bond acceptors (Lipinski definition) is 5. The Morgan fingerprint density at radius 3 is 2.76 bits per heavy atom. The molecule has 5 heteroatoms. The summed E-state index contributed by atoms with van der Waals surface area (Å²) in [6.45, 7) is 2.71. The molecule has 0 aliphatic heterocycles. The molecule has 0 aromatic carbocycles. The smallest absolute Gasteiger partial charge is 0.229 e. The molecular formula is C12H21N3O2. The van der Waals surface area contributed by atoms with Gasteiger partial charge in [0.25, 0.3) is 0 Å². The van der Waals surface area contributed by atoms with E-state index >= 15 is 0 Å². The summed E-state index contributed by atoms with van der Waals surface area (Å²) in [6, 6.07) is -0.292. The second kappa shape index (κ2) is 5.60. The van der Waals surface area contributed by atoms with Gasteiger partial charge in [0, 0.05) is 13.0 Å². The molecule has 1 aliphatic rings. The molecular weight excluding hydrogens is 218 g/mol. The van der Waals surface area contributed by atoms with Crippen LogP contribution in [0.25, 0.3) is 0 Å². The molecule has 0 bridgehead atoms. The van der Waals surface area contributed by atoms with Crippen molar-refractivity contribution in [3.8, 4) is 0 Å². The van der Waals surface area contributed by atoms with Crippen LogP contribution in [0.3, 0.4) is 0 Å². The molecule has 1 unspecified atom stereocenters. The SMILES string of the molecule is COCC(N)c1noc(C2CCC(C)CC2)n1. The Bertz CT molecular complexity index is 345. The summed E-state index contributed by atoms with van der Waals surface area (Å²) in [4.78, 5) is 4.39. The van der Waals surface area contributed by atoms with Crippen molar-refractivity contribution in [3.05, 3.63) is 11.7 Å². The zero-order valence-electron chi connectivity index (χ0n) is 10.6. The lowest BCUT2D eigenvalue weighted by molar-refractivity contribution is 0.177. The lowest BCUT2D eigenvalue weighted by Gasteiger charge is -2.23. The zero-order valence-corrected chi connectivity index (χ0v) is 10.6. The van der Waals surface area contributed by atoms with Crippen molar-refractivity contribution >= 4 is 0 Å². The van der Waals surface area contributed by atoms with Crippen molar-refractivity contribution in [2.75, 3.05) is 13.7 Å². The minimum atomic E-state index is -0.292. The fourth-order valence-electron chi connectivity index (χ4n) is 2.32. The maximum Gasteiger partial charge on any atom is 0.229 e. The van der Waals surface area contributed by atoms with E-state index in [4.69, 9.17) is 15.0 Å². The van der Waals surface area contributed by atoms with Crippen molar-refractivity contribution in [2.45, 2.75) is 44.6 Å². The van der Waals surface area contributed by atoms with Gasteiger partial charge in [0.1, 0.15) is 0 Å². The molecule has 0 amide bonds. The highest BCUT2D eigenvalue weighted by molar-refractivity contribution is 4.99. The molecule has 1 atom stereocenters. The Morgan fingerprint density at radius 2 is 2.12 bits per heavy atom. The Balaban J connectivity index is 1.98. The Hall–Kier alpha value is -0.940. The number of methoxy groups -OCH3 is 1. The second-order valence-electron chi connectivity index (χ2n) is 5.01. The van der Waals surface area contributed by atoms with Crippen LogP contribution in [0.4, 0.5) is 0 Å². The number of ether oxygens (including phenoxy) is 1. The Kier molecular flexibility index (Phi) is 4.12. The van der Waals surface area contributed by atoms with Gasteiger partial charge in [-0.05, 0) is 31.6 Å². The monoisotopic (exact) mass is 239 g/mol. The highest BCUT2D eigenvalue weighted by atomic mass is 16.5. The molecule has 2 rings (SSSR count). The van der Waals surface area contributed by atoms with E-state index in [0.717, 1.165) is 24.7 Å². The normalized spacial score (nSPS) is 27.0. The van der Waals surface area contributed by atoms with Gasteiger partial charge < -0.3 is 15.0 Å². The van der Waals surface area contributed by atoms with Crippen LogP contribution in [0, 0.1) is 5.92 Å². The average molecular weight is 239 g/mol. The van der Waals surface area contributed by atoms with E-state index in [2.05, 4.69) is 17.1 Å². The van der Waals surface area contributed by atoms with Crippen LogP contribution < -0.4 is 5.73 Å². The summed E-state index contributed by atoms with van der Waals surface area (Å²) in [7, 11) is 1.61. The van der Waals surface area contributed by atoms with Gasteiger partial charge in [-0.1, -0.05) is 12.1 Å². The maximum absolute atomic E-state index is 5.86. The fourth-order valence-corrected chi connectivity index (χ4v) is 2.32. The summed E-state index contributed by atoms with van der Waals surface area (Å²) in [5.74, 6) is 2.55. The summed E-state index contributed by atoms with van der Waals surface area (Å²) in [6.07, 6.45) is 4.77. The van der Waals surface area contributed by atoms with Crippen LogP contribution in [-0.2, 0) is 4.74 Å². The first-order chi connectivity index (χ1) is 8.20. The number of rotatable bonds is 4. The molecule has 0 radical (unpaired) electrons. The van der Waals surface area contributed by atoms with Gasteiger partial charge in [0.05, 0.1) is 12.6 Å². The summed E-state index contributed by atoms with van der Waals surface area (Å²) < 4.78 is 10.3. The van der Waals surface area contributed by atoms with Gasteiger partial charge in [-0.3, -0.25) is 0 Å². The van der Waals surface area contributed by atoms with Gasteiger partial charge in [-0.2, -0.15) is 4.98 Å². The number of nitrogens with two attached hydrogens (primary N) is 1. The average Bonchev–Trinajstić information content (AvgIpc) is 2.80. The molecule has 1 saturated carbocycles. The van der Waals surface area contributed by atoms with E-state index in [1.807, 2.05) is 0 Å². The van der Waals surface area contributed by atoms with Crippen LogP contribution in [0.5, 0.6) is 0 Å². The molecule has 1 aromatic heterocycles. The molecule has 1 fully saturated rings. The molecule has 96 valence electrons. The predicted molar refractivity (Wildman–Crippen MR) is 63.5 cm³/mol. The lowest BCUT2D eigenvalue weighted by Crippen LogP contribution is -2.18. The number of hydrogen-bond donors (Lipinski definition) is 1. The third-order valence-corrected chi connectivity index (χ3v) is 3.50. The van der Waals surface area contributed by atoms with Crippen molar-refractivity contribution < 1.29 is 9.26 Å². The van der Waals surface area contributed by atoms with E-state index in [-0.39, 0.29) is 6.04 Å². The second-order valence-corrected chi connectivity index (χ2v) is 5.01. The predicted octanol–water partition coefficient (Wildman–Crippen LogP) is 2.01. The van der Waals surface area contributed by atoms with Crippen molar-refractivity contribution in [1.29, 1.82) is 0 Å². The minimum absolute atomic E-state index is 0.292. The van der Waals surface area contributed by atoms with Crippen LogP contribution in [0.2, 0.25) is 0 Å². The topological polar surface area (TPSA) is 74.2 Å². The number of aromatic nitrogens is 2. The third kappa shape index (κ3) is 3.04. The molecule has 0 saturated heterocycles. The van der Waals surface area contributed by atoms with Crippen LogP contribution in [0.1, 0.15) is 56.3 Å². The first-order valence-electron chi connectivity index (χ1n) is 6.28. The first-order valence-corrected chi connectivity index (χ1v) is 6.28.